The van der Waals surface area contributed by atoms with Crippen molar-refractivity contribution in [1.29, 1.82) is 0 Å². The third-order valence-electron chi connectivity index (χ3n) is 7.10. The van der Waals surface area contributed by atoms with E-state index < -0.39 is 17.6 Å². The highest BCUT2D eigenvalue weighted by molar-refractivity contribution is 9.10. The van der Waals surface area contributed by atoms with E-state index in [0.29, 0.717) is 29.5 Å². The van der Waals surface area contributed by atoms with Crippen molar-refractivity contribution in [2.75, 3.05) is 18.1 Å². The first-order valence-corrected chi connectivity index (χ1v) is 11.2. The summed E-state index contributed by atoms with van der Waals surface area (Å²) in [6.45, 7) is 0.304. The predicted octanol–water partition coefficient (Wildman–Crippen LogP) is 2.87. The third-order valence-corrected chi connectivity index (χ3v) is 7.74. The molecule has 2 saturated carbocycles. The van der Waals surface area contributed by atoms with Gasteiger partial charge < -0.3 is 31.0 Å². The number of aromatic nitrogens is 3. The van der Waals surface area contributed by atoms with Crippen molar-refractivity contribution < 1.29 is 14.9 Å². The minimum absolute atomic E-state index is 0.0801. The molecule has 3 heterocycles. The van der Waals surface area contributed by atoms with Crippen LogP contribution in [0.15, 0.2) is 53.3 Å². The molecule has 164 valence electrons. The van der Waals surface area contributed by atoms with Crippen LogP contribution in [-0.2, 0) is 0 Å². The Morgan fingerprint density at radius 3 is 2.88 bits per heavy atom. The Bertz CT molecular complexity index is 1370. The third kappa shape index (κ3) is 2.74. The highest BCUT2D eigenvalue weighted by Gasteiger charge is 2.72. The fraction of sp³-hybridized carbons (Fsp3) is 0.304. The SMILES string of the molecule is Nc1nc2cc(OC[C@@]34C[C@@H]3[C@@H](n3ccc5c(N)ccnc53)[C@H](O)[C@@H]4O)ccc2cc1Br. The lowest BCUT2D eigenvalue weighted by Crippen LogP contribution is -2.36. The van der Waals surface area contributed by atoms with E-state index in [1.54, 1.807) is 12.3 Å². The number of nitrogens with zero attached hydrogens (tertiary/aromatic N) is 3. The summed E-state index contributed by atoms with van der Waals surface area (Å²) in [4.78, 5) is 8.85. The van der Waals surface area contributed by atoms with E-state index in [1.165, 1.54) is 0 Å². The molecular weight excluding hydrogens is 474 g/mol. The first-order valence-electron chi connectivity index (χ1n) is 10.4. The molecule has 8 nitrogen and oxygen atoms in total. The van der Waals surface area contributed by atoms with Crippen molar-refractivity contribution in [3.05, 3.63) is 53.3 Å². The van der Waals surface area contributed by atoms with E-state index >= 15 is 0 Å². The fourth-order valence-corrected chi connectivity index (χ4v) is 5.62. The maximum absolute atomic E-state index is 10.9. The van der Waals surface area contributed by atoms with Crippen molar-refractivity contribution in [1.82, 2.24) is 14.5 Å². The second-order valence-corrected chi connectivity index (χ2v) is 9.68. The molecule has 1 aromatic carbocycles. The number of hydrogen-bond donors (Lipinski definition) is 4. The number of hydrogen-bond acceptors (Lipinski definition) is 7. The average Bonchev–Trinajstić information content (AvgIpc) is 3.27. The Balaban J connectivity index is 1.26. The topological polar surface area (TPSA) is 132 Å². The first-order chi connectivity index (χ1) is 15.4. The predicted molar refractivity (Wildman–Crippen MR) is 125 cm³/mol. The van der Waals surface area contributed by atoms with E-state index in [-0.39, 0.29) is 12.0 Å². The van der Waals surface area contributed by atoms with Gasteiger partial charge in [-0.1, -0.05) is 0 Å². The first kappa shape index (κ1) is 19.8. The van der Waals surface area contributed by atoms with E-state index in [9.17, 15) is 10.2 Å². The van der Waals surface area contributed by atoms with Crippen LogP contribution in [0.1, 0.15) is 12.5 Å². The molecule has 0 amide bonds. The number of fused-ring (bicyclic) bond motifs is 3. The van der Waals surface area contributed by atoms with Crippen LogP contribution in [0.4, 0.5) is 11.5 Å². The lowest BCUT2D eigenvalue weighted by molar-refractivity contribution is -0.0273. The molecule has 4 aromatic rings. The summed E-state index contributed by atoms with van der Waals surface area (Å²) in [5.74, 6) is 1.15. The van der Waals surface area contributed by atoms with Gasteiger partial charge in [0.25, 0.3) is 0 Å². The highest BCUT2D eigenvalue weighted by atomic mass is 79.9. The number of ether oxygens (including phenoxy) is 1. The maximum atomic E-state index is 10.9. The molecule has 2 fully saturated rings. The van der Waals surface area contributed by atoms with Crippen molar-refractivity contribution in [2.45, 2.75) is 24.7 Å². The smallest absolute Gasteiger partial charge is 0.142 e. The Hall–Kier alpha value is -2.88. The monoisotopic (exact) mass is 495 g/mol. The van der Waals surface area contributed by atoms with Gasteiger partial charge in [-0.15, -0.1) is 0 Å². The number of anilines is 2. The highest BCUT2D eigenvalue weighted by Crippen LogP contribution is 2.67. The molecule has 6 rings (SSSR count). The molecule has 0 aliphatic heterocycles. The fourth-order valence-electron chi connectivity index (χ4n) is 5.29. The van der Waals surface area contributed by atoms with E-state index in [1.807, 2.05) is 41.1 Å². The van der Waals surface area contributed by atoms with Crippen molar-refractivity contribution >= 4 is 49.4 Å². The molecule has 9 heteroatoms. The standard InChI is InChI=1S/C23H22BrN5O3/c24-15-7-11-1-2-12(8-17(11)28-21(15)26)32-10-23-9-14(23)18(19(30)20(23)31)29-6-4-13-16(25)3-5-27-22(13)29/h1-8,14,18-20,30-31H,9-10H2,(H2,25,27)(H2,26,28)/t14-,18-,19+,20+,23+/m1/s1. The minimum Gasteiger partial charge on any atom is -0.493 e. The molecule has 0 unspecified atom stereocenters. The van der Waals surface area contributed by atoms with Crippen LogP contribution in [0.3, 0.4) is 0 Å². The zero-order valence-electron chi connectivity index (χ0n) is 17.0. The largest absolute Gasteiger partial charge is 0.493 e. The summed E-state index contributed by atoms with van der Waals surface area (Å²) < 4.78 is 8.79. The molecular formula is C23H22BrN5O3. The van der Waals surface area contributed by atoms with Gasteiger partial charge in [0.2, 0.25) is 0 Å². The molecule has 32 heavy (non-hydrogen) atoms. The van der Waals surface area contributed by atoms with Gasteiger partial charge in [0.1, 0.15) is 23.3 Å². The number of nitrogen functional groups attached to an aromatic ring is 2. The van der Waals surface area contributed by atoms with Crippen LogP contribution in [-0.4, -0.2) is 43.6 Å². The summed E-state index contributed by atoms with van der Waals surface area (Å²) in [5, 5.41) is 23.6. The zero-order chi connectivity index (χ0) is 22.2. The second kappa shape index (κ2) is 6.81. The van der Waals surface area contributed by atoms with Gasteiger partial charge in [0.05, 0.1) is 28.7 Å². The number of nitrogens with two attached hydrogens (primary N) is 2. The van der Waals surface area contributed by atoms with Crippen LogP contribution >= 0.6 is 15.9 Å². The number of halogens is 1. The van der Waals surface area contributed by atoms with Crippen LogP contribution in [0.5, 0.6) is 5.75 Å². The van der Waals surface area contributed by atoms with Crippen LogP contribution < -0.4 is 16.2 Å². The van der Waals surface area contributed by atoms with E-state index in [2.05, 4.69) is 25.9 Å². The molecule has 0 spiro atoms. The minimum atomic E-state index is -0.911. The normalized spacial score (nSPS) is 28.8. The van der Waals surface area contributed by atoms with Crippen molar-refractivity contribution in [2.24, 2.45) is 11.3 Å². The Kier molecular flexibility index (Phi) is 4.21. The lowest BCUT2D eigenvalue weighted by Gasteiger charge is -2.24. The summed E-state index contributed by atoms with van der Waals surface area (Å²) in [6.07, 6.45) is 2.52. The van der Waals surface area contributed by atoms with Gasteiger partial charge in [-0.3, -0.25) is 0 Å². The van der Waals surface area contributed by atoms with Gasteiger partial charge in [-0.25, -0.2) is 9.97 Å². The molecule has 0 saturated heterocycles. The second-order valence-electron chi connectivity index (χ2n) is 8.83. The quantitative estimate of drug-likeness (QED) is 0.342. The van der Waals surface area contributed by atoms with Gasteiger partial charge in [-0.05, 0) is 58.6 Å². The van der Waals surface area contributed by atoms with Crippen molar-refractivity contribution in [3.8, 4) is 5.75 Å². The lowest BCUT2D eigenvalue weighted by atomic mass is 10.0. The summed E-state index contributed by atoms with van der Waals surface area (Å²) in [5.41, 5.74) is 13.6. The van der Waals surface area contributed by atoms with Crippen LogP contribution in [0.25, 0.3) is 21.9 Å². The maximum Gasteiger partial charge on any atom is 0.142 e. The number of pyridine rings is 2. The van der Waals surface area contributed by atoms with Gasteiger partial charge >= 0.3 is 0 Å². The zero-order valence-corrected chi connectivity index (χ0v) is 18.6. The van der Waals surface area contributed by atoms with Crippen LogP contribution in [0, 0.1) is 11.3 Å². The van der Waals surface area contributed by atoms with E-state index in [4.69, 9.17) is 16.2 Å². The molecule has 0 radical (unpaired) electrons. The molecule has 3 aromatic heterocycles. The summed E-state index contributed by atoms with van der Waals surface area (Å²) in [6, 6.07) is 10.9. The molecule has 2 aliphatic carbocycles. The Labute approximate surface area is 192 Å². The summed E-state index contributed by atoms with van der Waals surface area (Å²) >= 11 is 3.39. The molecule has 5 atom stereocenters. The number of rotatable bonds is 4. The average molecular weight is 496 g/mol. The summed E-state index contributed by atoms with van der Waals surface area (Å²) in [7, 11) is 0. The molecule has 2 aliphatic rings. The van der Waals surface area contributed by atoms with Gasteiger partial charge in [0.15, 0.2) is 0 Å². The molecule has 0 bridgehead atoms. The number of aliphatic hydroxyl groups is 2. The van der Waals surface area contributed by atoms with Crippen molar-refractivity contribution in [3.63, 3.8) is 0 Å². The Morgan fingerprint density at radius 1 is 1.19 bits per heavy atom. The Morgan fingerprint density at radius 2 is 2.03 bits per heavy atom. The van der Waals surface area contributed by atoms with E-state index in [0.717, 1.165) is 27.2 Å². The van der Waals surface area contributed by atoms with Gasteiger partial charge in [-0.2, -0.15) is 0 Å². The van der Waals surface area contributed by atoms with Crippen LogP contribution in [0.2, 0.25) is 0 Å². The number of benzene rings is 1. The van der Waals surface area contributed by atoms with Gasteiger partial charge in [0, 0.05) is 40.3 Å². The molecule has 6 N–H and O–H groups in total. The number of aliphatic hydroxyl groups excluding tert-OH is 2.